The van der Waals surface area contributed by atoms with Gasteiger partial charge >= 0.3 is 0 Å². The number of piperidine rings is 1. The third kappa shape index (κ3) is 3.06. The summed E-state index contributed by atoms with van der Waals surface area (Å²) in [5, 5.41) is 2.41. The van der Waals surface area contributed by atoms with Gasteiger partial charge in [-0.2, -0.15) is 5.01 Å². The lowest BCUT2D eigenvalue weighted by atomic mass is 9.92. The van der Waals surface area contributed by atoms with E-state index < -0.39 is 0 Å². The van der Waals surface area contributed by atoms with Gasteiger partial charge in [0, 0.05) is 11.1 Å². The minimum absolute atomic E-state index is 0.204. The van der Waals surface area contributed by atoms with E-state index in [0.29, 0.717) is 6.04 Å². The van der Waals surface area contributed by atoms with Crippen molar-refractivity contribution in [2.75, 3.05) is 13.1 Å². The number of fused-ring (bicyclic) bond motifs is 4. The van der Waals surface area contributed by atoms with Gasteiger partial charge < -0.3 is 15.1 Å². The molecule has 0 radical (unpaired) electrons. The van der Waals surface area contributed by atoms with Crippen molar-refractivity contribution in [3.8, 4) is 5.75 Å². The summed E-state index contributed by atoms with van der Waals surface area (Å²) in [7, 11) is 0. The van der Waals surface area contributed by atoms with Crippen LogP contribution in [0.25, 0.3) is 5.70 Å². The van der Waals surface area contributed by atoms with E-state index in [-0.39, 0.29) is 11.8 Å². The van der Waals surface area contributed by atoms with Crippen LogP contribution in [0, 0.1) is 13.8 Å². The molecule has 0 aromatic heterocycles. The van der Waals surface area contributed by atoms with E-state index in [0.717, 1.165) is 31.7 Å². The molecule has 0 amide bonds. The van der Waals surface area contributed by atoms with E-state index in [1.165, 1.54) is 28.0 Å². The van der Waals surface area contributed by atoms with Gasteiger partial charge in [0.25, 0.3) is 0 Å². The van der Waals surface area contributed by atoms with Crippen LogP contribution in [0.4, 0.5) is 0 Å². The normalized spacial score (nSPS) is 28.5. The van der Waals surface area contributed by atoms with Crippen molar-refractivity contribution in [1.29, 1.82) is 0 Å². The fourth-order valence-electron chi connectivity index (χ4n) is 5.18. The zero-order valence-corrected chi connectivity index (χ0v) is 18.0. The Bertz CT molecular complexity index is 956. The van der Waals surface area contributed by atoms with E-state index in [9.17, 15) is 0 Å². The smallest absolute Gasteiger partial charge is 0.191 e. The molecular formula is C25H32N3O+. The van der Waals surface area contributed by atoms with Gasteiger partial charge in [-0.05, 0) is 51.5 Å². The molecule has 5 rings (SSSR count). The molecule has 4 nitrogen and oxygen atoms in total. The molecule has 1 spiro atoms. The number of quaternary nitrogens is 1. The van der Waals surface area contributed by atoms with Crippen LogP contribution in [-0.4, -0.2) is 29.9 Å². The van der Waals surface area contributed by atoms with Crippen LogP contribution in [-0.2, 0) is 0 Å². The minimum Gasteiger partial charge on any atom is -0.470 e. The molecular weight excluding hydrogens is 358 g/mol. The molecule has 0 bridgehead atoms. The van der Waals surface area contributed by atoms with E-state index in [1.54, 1.807) is 4.90 Å². The number of likely N-dealkylation sites (tertiary alicyclic amines) is 1. The van der Waals surface area contributed by atoms with Gasteiger partial charge in [0.15, 0.2) is 5.72 Å². The highest BCUT2D eigenvalue weighted by molar-refractivity contribution is 5.70. The highest BCUT2D eigenvalue weighted by Gasteiger charge is 2.52. The Labute approximate surface area is 174 Å². The molecule has 1 fully saturated rings. The maximum Gasteiger partial charge on any atom is 0.191 e. The molecule has 1 atom stereocenters. The predicted octanol–water partition coefficient (Wildman–Crippen LogP) is 3.38. The summed E-state index contributed by atoms with van der Waals surface area (Å²) in [5.74, 6) is 1.04. The summed E-state index contributed by atoms with van der Waals surface area (Å²) in [6.45, 7) is 11.3. The van der Waals surface area contributed by atoms with Crippen LogP contribution >= 0.6 is 0 Å². The van der Waals surface area contributed by atoms with Crippen molar-refractivity contribution in [2.24, 2.45) is 0 Å². The largest absolute Gasteiger partial charge is 0.470 e. The topological polar surface area (TPSA) is 28.9 Å². The number of para-hydroxylation sites is 1. The third-order valence-electron chi connectivity index (χ3n) is 6.99. The first-order chi connectivity index (χ1) is 14.0. The number of hydrazine groups is 1. The Hall–Kier alpha value is -2.30. The number of nitrogens with zero attached hydrogens (tertiary/aromatic N) is 1. The second-order valence-corrected chi connectivity index (χ2v) is 9.22. The maximum atomic E-state index is 6.76. The van der Waals surface area contributed by atoms with Gasteiger partial charge in [0.05, 0.1) is 43.7 Å². The van der Waals surface area contributed by atoms with Gasteiger partial charge in [-0.1, -0.05) is 35.9 Å². The first kappa shape index (κ1) is 18.7. The Kier molecular flexibility index (Phi) is 4.45. The lowest BCUT2D eigenvalue weighted by Gasteiger charge is -2.51. The second kappa shape index (κ2) is 6.89. The van der Waals surface area contributed by atoms with Crippen molar-refractivity contribution in [3.63, 3.8) is 0 Å². The molecule has 29 heavy (non-hydrogen) atoms. The predicted molar refractivity (Wildman–Crippen MR) is 116 cm³/mol. The number of rotatable bonds is 2. The Balaban J connectivity index is 1.54. The Morgan fingerprint density at radius 3 is 2.62 bits per heavy atom. The SMILES string of the molecule is Cc1ccc(C)c(C2=C[C@H]3c4ccccc4OC4(CC[NH+](C(C)C)CC4)N3N2)c1. The number of nitrogens with one attached hydrogen (secondary N) is 2. The molecule has 152 valence electrons. The Morgan fingerprint density at radius 2 is 1.86 bits per heavy atom. The van der Waals surface area contributed by atoms with Gasteiger partial charge in [-0.3, -0.25) is 0 Å². The number of benzene rings is 2. The molecule has 3 heterocycles. The van der Waals surface area contributed by atoms with Crippen LogP contribution in [0.15, 0.2) is 48.5 Å². The maximum absolute atomic E-state index is 6.76. The molecule has 2 aromatic rings. The van der Waals surface area contributed by atoms with Crippen LogP contribution in [0.1, 0.15) is 55.0 Å². The van der Waals surface area contributed by atoms with E-state index >= 15 is 0 Å². The highest BCUT2D eigenvalue weighted by Crippen LogP contribution is 2.47. The number of aryl methyl sites for hydroxylation is 2. The summed E-state index contributed by atoms with van der Waals surface area (Å²) in [4.78, 5) is 1.68. The standard InChI is InChI=1S/C25H31N3O/c1-17(2)27-13-11-25(12-14-27)28-23(20-7-5-6-8-24(20)29-25)16-22(26-28)21-15-18(3)9-10-19(21)4/h5-10,15-17,23,26H,11-14H2,1-4H3/p+1/t23-/m0/s1. The molecule has 1 saturated heterocycles. The average molecular weight is 391 g/mol. The number of ether oxygens (including phenoxy) is 1. The summed E-state index contributed by atoms with van der Waals surface area (Å²) in [6, 6.07) is 16.1. The Morgan fingerprint density at radius 1 is 1.10 bits per heavy atom. The molecule has 0 aliphatic carbocycles. The van der Waals surface area contributed by atoms with Gasteiger partial charge in [0.1, 0.15) is 5.75 Å². The molecule has 0 unspecified atom stereocenters. The van der Waals surface area contributed by atoms with Gasteiger partial charge in [-0.25, -0.2) is 0 Å². The summed E-state index contributed by atoms with van der Waals surface area (Å²) < 4.78 is 6.76. The van der Waals surface area contributed by atoms with Crippen molar-refractivity contribution >= 4 is 5.70 Å². The van der Waals surface area contributed by atoms with Crippen LogP contribution in [0.3, 0.4) is 0 Å². The fraction of sp³-hybridized carbons (Fsp3) is 0.440. The lowest BCUT2D eigenvalue weighted by Crippen LogP contribution is -3.16. The molecule has 3 aliphatic rings. The molecule has 0 saturated carbocycles. The van der Waals surface area contributed by atoms with Crippen LogP contribution < -0.4 is 15.1 Å². The summed E-state index contributed by atoms with van der Waals surface area (Å²) in [6.07, 6.45) is 4.46. The highest BCUT2D eigenvalue weighted by atomic mass is 16.5. The monoisotopic (exact) mass is 390 g/mol. The van der Waals surface area contributed by atoms with Crippen molar-refractivity contribution in [1.82, 2.24) is 10.4 Å². The van der Waals surface area contributed by atoms with E-state index in [1.807, 2.05) is 0 Å². The summed E-state index contributed by atoms with van der Waals surface area (Å²) in [5.41, 5.74) is 9.84. The van der Waals surface area contributed by atoms with E-state index in [4.69, 9.17) is 4.74 Å². The molecule has 4 heteroatoms. The van der Waals surface area contributed by atoms with Gasteiger partial charge in [-0.15, -0.1) is 0 Å². The third-order valence-corrected chi connectivity index (χ3v) is 6.99. The first-order valence-corrected chi connectivity index (χ1v) is 10.9. The van der Waals surface area contributed by atoms with Crippen molar-refractivity contribution < 1.29 is 9.64 Å². The van der Waals surface area contributed by atoms with Crippen molar-refractivity contribution in [3.05, 3.63) is 70.8 Å². The van der Waals surface area contributed by atoms with Crippen LogP contribution in [0.2, 0.25) is 0 Å². The zero-order valence-electron chi connectivity index (χ0n) is 18.0. The lowest BCUT2D eigenvalue weighted by molar-refractivity contribution is -0.929. The molecule has 2 N–H and O–H groups in total. The quantitative estimate of drug-likeness (QED) is 0.824. The molecule has 2 aromatic carbocycles. The fourth-order valence-corrected chi connectivity index (χ4v) is 5.18. The van der Waals surface area contributed by atoms with Crippen LogP contribution in [0.5, 0.6) is 5.75 Å². The summed E-state index contributed by atoms with van der Waals surface area (Å²) >= 11 is 0. The van der Waals surface area contributed by atoms with Gasteiger partial charge in [0.2, 0.25) is 0 Å². The molecule has 3 aliphatic heterocycles. The second-order valence-electron chi connectivity index (χ2n) is 9.22. The number of hydrogen-bond acceptors (Lipinski definition) is 3. The average Bonchev–Trinajstić information content (AvgIpc) is 3.17. The minimum atomic E-state index is -0.284. The number of hydrogen-bond donors (Lipinski definition) is 2. The van der Waals surface area contributed by atoms with E-state index in [2.05, 4.69) is 86.7 Å². The first-order valence-electron chi connectivity index (χ1n) is 10.9. The zero-order chi connectivity index (χ0) is 20.2. The van der Waals surface area contributed by atoms with Crippen molar-refractivity contribution in [2.45, 2.75) is 58.3 Å².